The molecule has 5 nitrogen and oxygen atoms in total. The molecule has 2 N–H and O–H groups in total. The molecule has 130 valence electrons. The quantitative estimate of drug-likeness (QED) is 0.699. The first-order chi connectivity index (χ1) is 12.1. The van der Waals surface area contributed by atoms with Gasteiger partial charge in [-0.2, -0.15) is 0 Å². The van der Waals surface area contributed by atoms with Crippen molar-refractivity contribution in [3.05, 3.63) is 70.3 Å². The fourth-order valence-electron chi connectivity index (χ4n) is 2.94. The Morgan fingerprint density at radius 1 is 1.16 bits per heavy atom. The Morgan fingerprint density at radius 2 is 1.88 bits per heavy atom. The van der Waals surface area contributed by atoms with E-state index in [-0.39, 0.29) is 11.6 Å². The van der Waals surface area contributed by atoms with Gasteiger partial charge in [-0.25, -0.2) is 4.98 Å². The van der Waals surface area contributed by atoms with E-state index in [0.717, 1.165) is 29.1 Å². The monoisotopic (exact) mass is 338 g/mol. The summed E-state index contributed by atoms with van der Waals surface area (Å²) in [5.41, 5.74) is 2.71. The van der Waals surface area contributed by atoms with Crippen LogP contribution >= 0.6 is 0 Å². The van der Waals surface area contributed by atoms with Gasteiger partial charge < -0.3 is 10.1 Å². The number of ether oxygens (including phenoxy) is 1. The molecular weight excluding hydrogens is 314 g/mol. The highest BCUT2D eigenvalue weighted by atomic mass is 16.5. The van der Waals surface area contributed by atoms with Crippen molar-refractivity contribution < 1.29 is 10.1 Å². The molecule has 5 heteroatoms. The van der Waals surface area contributed by atoms with Gasteiger partial charge >= 0.3 is 0 Å². The molecule has 2 aromatic carbocycles. The van der Waals surface area contributed by atoms with E-state index in [9.17, 15) is 4.79 Å². The van der Waals surface area contributed by atoms with Crippen LogP contribution in [0, 0.1) is 6.92 Å². The van der Waals surface area contributed by atoms with Crippen molar-refractivity contribution in [2.75, 3.05) is 20.3 Å². The molecule has 0 spiro atoms. The van der Waals surface area contributed by atoms with Gasteiger partial charge in [0, 0.05) is 7.11 Å². The summed E-state index contributed by atoms with van der Waals surface area (Å²) in [6.45, 7) is 5.57. The van der Waals surface area contributed by atoms with Gasteiger partial charge in [0.2, 0.25) is 0 Å². The zero-order chi connectivity index (χ0) is 17.8. The number of para-hydroxylation sites is 1. The number of fused-ring (bicyclic) bond motifs is 1. The number of hydrogen-bond donors (Lipinski definition) is 1. The maximum Gasteiger partial charge on any atom is 0.266 e. The summed E-state index contributed by atoms with van der Waals surface area (Å²) in [5, 5.41) is 2.78. The Morgan fingerprint density at radius 3 is 2.60 bits per heavy atom. The molecule has 0 aliphatic heterocycles. The predicted molar refractivity (Wildman–Crippen MR) is 99.2 cm³/mol. The van der Waals surface area contributed by atoms with Gasteiger partial charge in [-0.3, -0.25) is 9.36 Å². The highest BCUT2D eigenvalue weighted by molar-refractivity contribution is 5.77. The van der Waals surface area contributed by atoms with Crippen molar-refractivity contribution in [2.24, 2.45) is 0 Å². The lowest BCUT2D eigenvalue weighted by molar-refractivity contribution is -0.695. The number of nitrogens with two attached hydrogens (primary N) is 1. The van der Waals surface area contributed by atoms with Crippen LogP contribution in [0.4, 0.5) is 0 Å². The van der Waals surface area contributed by atoms with E-state index in [4.69, 9.17) is 9.72 Å². The van der Waals surface area contributed by atoms with Crippen LogP contribution in [-0.4, -0.2) is 29.8 Å². The number of hydrogen-bond acceptors (Lipinski definition) is 3. The maximum atomic E-state index is 13.2. The lowest BCUT2D eigenvalue weighted by Crippen LogP contribution is -2.86. The Labute approximate surface area is 147 Å². The third-order valence-corrected chi connectivity index (χ3v) is 4.34. The first kappa shape index (κ1) is 17.3. The van der Waals surface area contributed by atoms with Crippen LogP contribution in [0.3, 0.4) is 0 Å². The van der Waals surface area contributed by atoms with Crippen LogP contribution in [0.15, 0.2) is 53.3 Å². The SMILES string of the molecule is COCC[NH2+][C@@H](C)c1nc2ccccc2c(=O)n1-c1ccc(C)cc1. The molecule has 0 aliphatic carbocycles. The number of rotatable bonds is 6. The summed E-state index contributed by atoms with van der Waals surface area (Å²) in [7, 11) is 1.69. The number of aryl methyl sites for hydroxylation is 1. The van der Waals surface area contributed by atoms with Crippen molar-refractivity contribution in [1.82, 2.24) is 9.55 Å². The van der Waals surface area contributed by atoms with Crippen LogP contribution in [-0.2, 0) is 4.74 Å². The average Bonchev–Trinajstić information content (AvgIpc) is 2.63. The van der Waals surface area contributed by atoms with Crippen molar-refractivity contribution in [2.45, 2.75) is 19.9 Å². The zero-order valence-corrected chi connectivity index (χ0v) is 14.9. The summed E-state index contributed by atoms with van der Waals surface area (Å²) < 4.78 is 6.86. The molecule has 0 radical (unpaired) electrons. The zero-order valence-electron chi connectivity index (χ0n) is 14.9. The van der Waals surface area contributed by atoms with Crippen molar-refractivity contribution in [1.29, 1.82) is 0 Å². The van der Waals surface area contributed by atoms with Gasteiger partial charge in [-0.1, -0.05) is 29.8 Å². The second kappa shape index (κ2) is 7.59. The number of quaternary nitrogens is 1. The van der Waals surface area contributed by atoms with Gasteiger partial charge in [0.15, 0.2) is 5.82 Å². The summed E-state index contributed by atoms with van der Waals surface area (Å²) in [4.78, 5) is 18.0. The van der Waals surface area contributed by atoms with Crippen LogP contribution < -0.4 is 10.9 Å². The highest BCUT2D eigenvalue weighted by Gasteiger charge is 2.19. The number of benzene rings is 2. The molecule has 25 heavy (non-hydrogen) atoms. The molecule has 3 aromatic rings. The van der Waals surface area contributed by atoms with Gasteiger partial charge in [-0.15, -0.1) is 0 Å². The smallest absolute Gasteiger partial charge is 0.266 e. The van der Waals surface area contributed by atoms with Gasteiger partial charge in [0.25, 0.3) is 5.56 Å². The summed E-state index contributed by atoms with van der Waals surface area (Å²) >= 11 is 0. The molecular formula is C20H24N3O2+. The largest absolute Gasteiger partial charge is 0.379 e. The normalized spacial score (nSPS) is 12.4. The van der Waals surface area contributed by atoms with Crippen molar-refractivity contribution in [3.8, 4) is 5.69 Å². The molecule has 0 fully saturated rings. The lowest BCUT2D eigenvalue weighted by Gasteiger charge is -2.17. The number of methoxy groups -OCH3 is 1. The number of nitrogens with zero attached hydrogens (tertiary/aromatic N) is 2. The van der Waals surface area contributed by atoms with Crippen LogP contribution in [0.2, 0.25) is 0 Å². The van der Waals surface area contributed by atoms with Crippen molar-refractivity contribution >= 4 is 10.9 Å². The molecule has 0 aliphatic rings. The first-order valence-electron chi connectivity index (χ1n) is 8.53. The Balaban J connectivity index is 2.17. The summed E-state index contributed by atoms with van der Waals surface area (Å²) in [6, 6.07) is 15.5. The molecule has 0 saturated heterocycles. The van der Waals surface area contributed by atoms with E-state index < -0.39 is 0 Å². The van der Waals surface area contributed by atoms with Gasteiger partial charge in [0.1, 0.15) is 6.04 Å². The third kappa shape index (κ3) is 3.62. The van der Waals surface area contributed by atoms with E-state index in [2.05, 4.69) is 12.2 Å². The molecule has 0 amide bonds. The Hall–Kier alpha value is -2.50. The van der Waals surface area contributed by atoms with E-state index >= 15 is 0 Å². The van der Waals surface area contributed by atoms with Crippen LogP contribution in [0.5, 0.6) is 0 Å². The van der Waals surface area contributed by atoms with Crippen molar-refractivity contribution in [3.63, 3.8) is 0 Å². The van der Waals surface area contributed by atoms with E-state index in [1.165, 1.54) is 0 Å². The second-order valence-electron chi connectivity index (χ2n) is 6.27. The average molecular weight is 338 g/mol. The van der Waals surface area contributed by atoms with E-state index in [0.29, 0.717) is 12.0 Å². The first-order valence-corrected chi connectivity index (χ1v) is 8.53. The predicted octanol–water partition coefficient (Wildman–Crippen LogP) is 1.96. The lowest BCUT2D eigenvalue weighted by atomic mass is 10.2. The Kier molecular flexibility index (Phi) is 5.26. The van der Waals surface area contributed by atoms with E-state index in [1.807, 2.05) is 55.5 Å². The van der Waals surface area contributed by atoms with Gasteiger partial charge in [0.05, 0.1) is 29.7 Å². The molecule has 1 atom stereocenters. The summed E-state index contributed by atoms with van der Waals surface area (Å²) in [6.07, 6.45) is 0. The fourth-order valence-corrected chi connectivity index (χ4v) is 2.94. The topological polar surface area (TPSA) is 60.7 Å². The minimum atomic E-state index is -0.0311. The molecule has 0 unspecified atom stereocenters. The minimum Gasteiger partial charge on any atom is -0.379 e. The second-order valence-corrected chi connectivity index (χ2v) is 6.27. The van der Waals surface area contributed by atoms with Crippen LogP contribution in [0.1, 0.15) is 24.4 Å². The molecule has 3 rings (SSSR count). The van der Waals surface area contributed by atoms with E-state index in [1.54, 1.807) is 11.7 Å². The van der Waals surface area contributed by atoms with Crippen LogP contribution in [0.25, 0.3) is 16.6 Å². The van der Waals surface area contributed by atoms with Gasteiger partial charge in [-0.05, 0) is 38.1 Å². The highest BCUT2D eigenvalue weighted by Crippen LogP contribution is 2.16. The number of aromatic nitrogens is 2. The molecule has 0 saturated carbocycles. The molecule has 1 aromatic heterocycles. The molecule has 1 heterocycles. The summed E-state index contributed by atoms with van der Waals surface area (Å²) in [5.74, 6) is 0.753. The fraction of sp³-hybridized carbons (Fsp3) is 0.300. The third-order valence-electron chi connectivity index (χ3n) is 4.34. The minimum absolute atomic E-state index is 0.0311. The maximum absolute atomic E-state index is 13.2. The Bertz CT molecular complexity index is 916. The molecule has 0 bridgehead atoms. The standard InChI is InChI=1S/C20H23N3O2/c1-14-8-10-16(11-9-14)23-19(15(2)21-12-13-25-3)22-18-7-5-4-6-17(18)20(23)24/h4-11,15,21H,12-13H2,1-3H3/p+1/t15-/m0/s1.